The van der Waals surface area contributed by atoms with Crippen LogP contribution in [0.3, 0.4) is 0 Å². The third-order valence-electron chi connectivity index (χ3n) is 2.96. The molecule has 0 fully saturated rings. The number of hydrogen-bond acceptors (Lipinski definition) is 4. The van der Waals surface area contributed by atoms with Gasteiger partial charge < -0.3 is 14.6 Å². The van der Waals surface area contributed by atoms with Gasteiger partial charge in [-0.15, -0.1) is 13.2 Å². The fraction of sp³-hybridized carbons (Fsp3) is 0.286. The maximum atomic E-state index is 12.0. The second kappa shape index (κ2) is 6.08. The number of alkyl halides is 3. The quantitative estimate of drug-likeness (QED) is 0.942. The lowest BCUT2D eigenvalue weighted by Gasteiger charge is -2.09. The Morgan fingerprint density at radius 2 is 1.91 bits per heavy atom. The van der Waals surface area contributed by atoms with Gasteiger partial charge in [-0.2, -0.15) is 0 Å². The minimum absolute atomic E-state index is 0.223. The lowest BCUT2D eigenvalue weighted by atomic mass is 10.1. The number of nitrogens with one attached hydrogen (secondary N) is 1. The number of carbonyl (C=O) groups is 1. The van der Waals surface area contributed by atoms with Crippen molar-refractivity contribution in [1.29, 1.82) is 0 Å². The summed E-state index contributed by atoms with van der Waals surface area (Å²) in [6.45, 7) is 3.70. The number of rotatable bonds is 4. The second-order valence-corrected chi connectivity index (χ2v) is 4.56. The maximum Gasteiger partial charge on any atom is 0.573 e. The van der Waals surface area contributed by atoms with Crippen LogP contribution in [0.1, 0.15) is 27.4 Å². The Kier molecular flexibility index (Phi) is 4.39. The molecular weight excluding hydrogens is 301 g/mol. The molecule has 1 amide bonds. The van der Waals surface area contributed by atoms with Gasteiger partial charge in [-0.1, -0.05) is 5.16 Å². The third kappa shape index (κ3) is 4.00. The molecule has 0 aliphatic carbocycles. The molecule has 118 valence electrons. The zero-order chi connectivity index (χ0) is 16.3. The number of halogens is 3. The minimum Gasteiger partial charge on any atom is -0.406 e. The van der Waals surface area contributed by atoms with Crippen LogP contribution in [0, 0.1) is 13.8 Å². The third-order valence-corrected chi connectivity index (χ3v) is 2.96. The number of amides is 1. The number of aryl methyl sites for hydroxylation is 2. The normalized spacial score (nSPS) is 11.3. The molecule has 1 aromatic heterocycles. The Bertz CT molecular complexity index is 643. The molecule has 0 aliphatic rings. The zero-order valence-corrected chi connectivity index (χ0v) is 11.8. The number of carbonyl (C=O) groups excluding carboxylic acids is 1. The van der Waals surface area contributed by atoms with E-state index < -0.39 is 12.3 Å². The van der Waals surface area contributed by atoms with Gasteiger partial charge >= 0.3 is 6.36 Å². The molecule has 0 unspecified atom stereocenters. The highest BCUT2D eigenvalue weighted by Crippen LogP contribution is 2.22. The summed E-state index contributed by atoms with van der Waals surface area (Å²) in [6, 6.07) is 4.67. The van der Waals surface area contributed by atoms with Gasteiger partial charge in [0.25, 0.3) is 5.91 Å². The standard InChI is InChI=1S/C14H13F3N2O3/c1-8-12(9(2)22-19-8)7-18-13(20)10-3-5-11(6-4-10)21-14(15,16)17/h3-6H,7H2,1-2H3,(H,18,20). The van der Waals surface area contributed by atoms with Crippen LogP contribution in [-0.4, -0.2) is 17.4 Å². The fourth-order valence-corrected chi connectivity index (χ4v) is 1.83. The highest BCUT2D eigenvalue weighted by Gasteiger charge is 2.31. The Morgan fingerprint density at radius 3 is 2.41 bits per heavy atom. The van der Waals surface area contributed by atoms with E-state index in [0.29, 0.717) is 11.5 Å². The molecule has 0 bridgehead atoms. The van der Waals surface area contributed by atoms with Crippen molar-refractivity contribution in [2.24, 2.45) is 0 Å². The van der Waals surface area contributed by atoms with Gasteiger partial charge in [0.1, 0.15) is 11.5 Å². The van der Waals surface area contributed by atoms with Crippen molar-refractivity contribution in [3.63, 3.8) is 0 Å². The molecule has 5 nitrogen and oxygen atoms in total. The molecule has 2 rings (SSSR count). The Balaban J connectivity index is 1.98. The topological polar surface area (TPSA) is 64.4 Å². The summed E-state index contributed by atoms with van der Waals surface area (Å²) in [6.07, 6.45) is -4.76. The van der Waals surface area contributed by atoms with Crippen molar-refractivity contribution in [1.82, 2.24) is 10.5 Å². The van der Waals surface area contributed by atoms with Crippen LogP contribution in [0.4, 0.5) is 13.2 Å². The zero-order valence-electron chi connectivity index (χ0n) is 11.8. The van der Waals surface area contributed by atoms with Crippen molar-refractivity contribution in [2.45, 2.75) is 26.8 Å². The first-order chi connectivity index (χ1) is 10.3. The van der Waals surface area contributed by atoms with Crippen LogP contribution in [0.2, 0.25) is 0 Å². The van der Waals surface area contributed by atoms with Crippen molar-refractivity contribution in [3.05, 3.63) is 46.8 Å². The van der Waals surface area contributed by atoms with Gasteiger partial charge in [-0.25, -0.2) is 0 Å². The van der Waals surface area contributed by atoms with Gasteiger partial charge in [-0.05, 0) is 38.1 Å². The van der Waals surface area contributed by atoms with E-state index in [1.165, 1.54) is 12.1 Å². The molecule has 0 saturated carbocycles. The van der Waals surface area contributed by atoms with E-state index in [-0.39, 0.29) is 17.9 Å². The van der Waals surface area contributed by atoms with Gasteiger partial charge in [0.2, 0.25) is 0 Å². The number of benzene rings is 1. The Labute approximate surface area is 124 Å². The van der Waals surface area contributed by atoms with Crippen LogP contribution in [0.25, 0.3) is 0 Å². The highest BCUT2D eigenvalue weighted by molar-refractivity contribution is 5.94. The maximum absolute atomic E-state index is 12.0. The number of ether oxygens (including phenoxy) is 1. The molecule has 8 heteroatoms. The number of nitrogens with zero attached hydrogens (tertiary/aromatic N) is 1. The molecule has 22 heavy (non-hydrogen) atoms. The predicted molar refractivity (Wildman–Crippen MR) is 70.3 cm³/mol. The summed E-state index contributed by atoms with van der Waals surface area (Å²) in [5.74, 6) is -0.194. The van der Waals surface area contributed by atoms with Crippen LogP contribution in [0.5, 0.6) is 5.75 Å². The molecule has 1 N–H and O–H groups in total. The van der Waals surface area contributed by atoms with Gasteiger partial charge in [-0.3, -0.25) is 4.79 Å². The Hall–Kier alpha value is -2.51. The van der Waals surface area contributed by atoms with E-state index in [9.17, 15) is 18.0 Å². The monoisotopic (exact) mass is 314 g/mol. The summed E-state index contributed by atoms with van der Waals surface area (Å²) >= 11 is 0. The Morgan fingerprint density at radius 1 is 1.27 bits per heavy atom. The van der Waals surface area contributed by atoms with Crippen molar-refractivity contribution in [3.8, 4) is 5.75 Å². The number of hydrogen-bond donors (Lipinski definition) is 1. The molecule has 0 saturated heterocycles. The predicted octanol–water partition coefficient (Wildman–Crippen LogP) is 3.12. The molecule has 1 heterocycles. The lowest BCUT2D eigenvalue weighted by molar-refractivity contribution is -0.274. The summed E-state index contributed by atoms with van der Waals surface area (Å²) in [5.41, 5.74) is 1.67. The first-order valence-corrected chi connectivity index (χ1v) is 6.32. The van der Waals surface area contributed by atoms with E-state index in [1.54, 1.807) is 13.8 Å². The summed E-state index contributed by atoms with van der Waals surface area (Å²) in [7, 11) is 0. The van der Waals surface area contributed by atoms with Crippen LogP contribution >= 0.6 is 0 Å². The molecule has 2 aromatic rings. The van der Waals surface area contributed by atoms with E-state index >= 15 is 0 Å². The lowest BCUT2D eigenvalue weighted by Crippen LogP contribution is -2.23. The van der Waals surface area contributed by atoms with E-state index in [0.717, 1.165) is 17.7 Å². The van der Waals surface area contributed by atoms with Crippen LogP contribution < -0.4 is 10.1 Å². The molecule has 0 aliphatic heterocycles. The first kappa shape index (κ1) is 15.9. The minimum atomic E-state index is -4.76. The highest BCUT2D eigenvalue weighted by atomic mass is 19.4. The average Bonchev–Trinajstić information content (AvgIpc) is 2.74. The van der Waals surface area contributed by atoms with Gasteiger partial charge in [0.05, 0.1) is 5.69 Å². The van der Waals surface area contributed by atoms with Crippen molar-refractivity contribution < 1.29 is 27.2 Å². The molecular formula is C14H13F3N2O3. The average molecular weight is 314 g/mol. The smallest absolute Gasteiger partial charge is 0.406 e. The summed E-state index contributed by atoms with van der Waals surface area (Å²) in [5, 5.41) is 6.41. The molecule has 1 aromatic carbocycles. The number of aromatic nitrogens is 1. The van der Waals surface area contributed by atoms with Crippen LogP contribution in [0.15, 0.2) is 28.8 Å². The summed E-state index contributed by atoms with van der Waals surface area (Å²) < 4.78 is 44.8. The van der Waals surface area contributed by atoms with E-state index in [4.69, 9.17) is 4.52 Å². The van der Waals surface area contributed by atoms with Crippen molar-refractivity contribution in [2.75, 3.05) is 0 Å². The largest absolute Gasteiger partial charge is 0.573 e. The fourth-order valence-electron chi connectivity index (χ4n) is 1.83. The summed E-state index contributed by atoms with van der Waals surface area (Å²) in [4.78, 5) is 11.9. The molecule has 0 spiro atoms. The first-order valence-electron chi connectivity index (χ1n) is 6.32. The SMILES string of the molecule is Cc1noc(C)c1CNC(=O)c1ccc(OC(F)(F)F)cc1. The molecule has 0 atom stereocenters. The molecule has 0 radical (unpaired) electrons. The van der Waals surface area contributed by atoms with Gasteiger partial charge in [0, 0.05) is 17.7 Å². The van der Waals surface area contributed by atoms with Crippen molar-refractivity contribution >= 4 is 5.91 Å². The van der Waals surface area contributed by atoms with Crippen LogP contribution in [-0.2, 0) is 6.54 Å². The second-order valence-electron chi connectivity index (χ2n) is 4.56. The van der Waals surface area contributed by atoms with Gasteiger partial charge in [0.15, 0.2) is 0 Å². The van der Waals surface area contributed by atoms with E-state index in [2.05, 4.69) is 15.2 Å². The van der Waals surface area contributed by atoms with E-state index in [1.807, 2.05) is 0 Å².